The van der Waals surface area contributed by atoms with Gasteiger partial charge in [-0.2, -0.15) is 0 Å². The van der Waals surface area contributed by atoms with Gasteiger partial charge in [0.05, 0.1) is 5.41 Å². The second-order valence-corrected chi connectivity index (χ2v) is 5.38. The molecule has 0 aromatic heterocycles. The number of hydrogen-bond donors (Lipinski definition) is 2. The van der Waals surface area contributed by atoms with Gasteiger partial charge in [0.1, 0.15) is 0 Å². The summed E-state index contributed by atoms with van der Waals surface area (Å²) in [6.45, 7) is 3.46. The fourth-order valence-corrected chi connectivity index (χ4v) is 1.61. The molecule has 0 unspecified atom stereocenters. The first kappa shape index (κ1) is 16.0. The standard InChI is InChI=1S/C16H21NO3/c1-16(2,15(19)20)11-10-13-6-4-12(5-7-13)8-9-14(18)17-3/h4-9H,10-11H2,1-3H3,(H,17,18)(H,19,20)/b9-8+. The molecule has 2 N–H and O–H groups in total. The molecule has 20 heavy (non-hydrogen) atoms. The molecular weight excluding hydrogens is 254 g/mol. The van der Waals surface area contributed by atoms with Crippen LogP contribution >= 0.6 is 0 Å². The van der Waals surface area contributed by atoms with Gasteiger partial charge < -0.3 is 10.4 Å². The monoisotopic (exact) mass is 275 g/mol. The molecule has 0 saturated heterocycles. The maximum Gasteiger partial charge on any atom is 0.309 e. The highest BCUT2D eigenvalue weighted by atomic mass is 16.4. The van der Waals surface area contributed by atoms with E-state index in [1.54, 1.807) is 27.0 Å². The summed E-state index contributed by atoms with van der Waals surface area (Å²) in [5, 5.41) is 11.6. The Morgan fingerprint density at radius 2 is 1.85 bits per heavy atom. The molecule has 0 fully saturated rings. The van der Waals surface area contributed by atoms with Crippen molar-refractivity contribution in [1.82, 2.24) is 5.32 Å². The van der Waals surface area contributed by atoms with Gasteiger partial charge in [-0.3, -0.25) is 9.59 Å². The van der Waals surface area contributed by atoms with Crippen molar-refractivity contribution in [3.05, 3.63) is 41.5 Å². The van der Waals surface area contributed by atoms with Crippen LogP contribution in [0.3, 0.4) is 0 Å². The highest BCUT2D eigenvalue weighted by Gasteiger charge is 2.26. The van der Waals surface area contributed by atoms with Crippen molar-refractivity contribution in [1.29, 1.82) is 0 Å². The number of carbonyl (C=O) groups is 2. The Labute approximate surface area is 119 Å². The third-order valence-corrected chi connectivity index (χ3v) is 3.27. The summed E-state index contributed by atoms with van der Waals surface area (Å²) >= 11 is 0. The van der Waals surface area contributed by atoms with E-state index >= 15 is 0 Å². The van der Waals surface area contributed by atoms with Crippen molar-refractivity contribution in [3.63, 3.8) is 0 Å². The number of aryl methyl sites for hydroxylation is 1. The van der Waals surface area contributed by atoms with Crippen LogP contribution in [0.4, 0.5) is 0 Å². The molecule has 108 valence electrons. The highest BCUT2D eigenvalue weighted by Crippen LogP contribution is 2.23. The minimum atomic E-state index is -0.775. The van der Waals surface area contributed by atoms with Crippen molar-refractivity contribution >= 4 is 18.0 Å². The van der Waals surface area contributed by atoms with Crippen molar-refractivity contribution in [2.75, 3.05) is 7.05 Å². The first-order valence-electron chi connectivity index (χ1n) is 6.57. The second kappa shape index (κ2) is 6.89. The van der Waals surface area contributed by atoms with Crippen molar-refractivity contribution in [2.24, 2.45) is 5.41 Å². The summed E-state index contributed by atoms with van der Waals surface area (Å²) in [7, 11) is 1.58. The van der Waals surface area contributed by atoms with Crippen LogP contribution in [0.25, 0.3) is 6.08 Å². The topological polar surface area (TPSA) is 66.4 Å². The maximum absolute atomic E-state index is 11.1. The second-order valence-electron chi connectivity index (χ2n) is 5.38. The molecule has 0 atom stereocenters. The van der Waals surface area contributed by atoms with Crippen LogP contribution in [0.15, 0.2) is 30.3 Å². The zero-order chi connectivity index (χ0) is 15.2. The maximum atomic E-state index is 11.1. The van der Waals surface area contributed by atoms with Gasteiger partial charge in [0.15, 0.2) is 0 Å². The number of aliphatic carboxylic acids is 1. The zero-order valence-electron chi connectivity index (χ0n) is 12.1. The number of carboxylic acid groups (broad SMARTS) is 1. The van der Waals surface area contributed by atoms with Gasteiger partial charge in [0.2, 0.25) is 5.91 Å². The molecule has 1 aromatic carbocycles. The zero-order valence-corrected chi connectivity index (χ0v) is 12.1. The van der Waals surface area contributed by atoms with E-state index in [4.69, 9.17) is 5.11 Å². The lowest BCUT2D eigenvalue weighted by molar-refractivity contribution is -0.147. The number of benzene rings is 1. The van der Waals surface area contributed by atoms with E-state index < -0.39 is 11.4 Å². The number of carboxylic acids is 1. The molecule has 1 amide bonds. The Morgan fingerprint density at radius 3 is 2.35 bits per heavy atom. The fraction of sp³-hybridized carbons (Fsp3) is 0.375. The molecule has 0 spiro atoms. The minimum Gasteiger partial charge on any atom is -0.481 e. The van der Waals surface area contributed by atoms with Crippen LogP contribution in [0.1, 0.15) is 31.4 Å². The highest BCUT2D eigenvalue weighted by molar-refractivity contribution is 5.91. The summed E-state index contributed by atoms with van der Waals surface area (Å²) in [4.78, 5) is 22.1. The van der Waals surface area contributed by atoms with Crippen LogP contribution in [-0.4, -0.2) is 24.0 Å². The fourth-order valence-electron chi connectivity index (χ4n) is 1.61. The number of nitrogens with one attached hydrogen (secondary N) is 1. The summed E-state index contributed by atoms with van der Waals surface area (Å²) in [5.41, 5.74) is 1.32. The molecule has 0 radical (unpaired) electrons. The van der Waals surface area contributed by atoms with Gasteiger partial charge in [0, 0.05) is 13.1 Å². The predicted molar refractivity (Wildman–Crippen MR) is 79.3 cm³/mol. The van der Waals surface area contributed by atoms with Crippen molar-refractivity contribution in [2.45, 2.75) is 26.7 Å². The summed E-state index contributed by atoms with van der Waals surface area (Å²) in [5.74, 6) is -0.917. The number of likely N-dealkylation sites (N-methyl/N-ethyl adjacent to an activating group) is 1. The molecule has 0 saturated carbocycles. The van der Waals surface area contributed by atoms with E-state index in [1.807, 2.05) is 24.3 Å². The van der Waals surface area contributed by atoms with Gasteiger partial charge >= 0.3 is 5.97 Å². The molecular formula is C16H21NO3. The van der Waals surface area contributed by atoms with E-state index in [0.29, 0.717) is 6.42 Å². The lowest BCUT2D eigenvalue weighted by Gasteiger charge is -2.18. The van der Waals surface area contributed by atoms with Crippen LogP contribution < -0.4 is 5.32 Å². The van der Waals surface area contributed by atoms with Crippen LogP contribution in [0, 0.1) is 5.41 Å². The van der Waals surface area contributed by atoms with E-state index in [-0.39, 0.29) is 5.91 Å². The van der Waals surface area contributed by atoms with Crippen LogP contribution in [0.5, 0.6) is 0 Å². The van der Waals surface area contributed by atoms with Gasteiger partial charge in [-0.15, -0.1) is 0 Å². The average molecular weight is 275 g/mol. The third kappa shape index (κ3) is 4.88. The smallest absolute Gasteiger partial charge is 0.309 e. The Bertz CT molecular complexity index is 501. The minimum absolute atomic E-state index is 0.141. The van der Waals surface area contributed by atoms with Crippen LogP contribution in [-0.2, 0) is 16.0 Å². The summed E-state index contributed by atoms with van der Waals surface area (Å²) in [6, 6.07) is 7.76. The van der Waals surface area contributed by atoms with Gasteiger partial charge in [-0.25, -0.2) is 0 Å². The Kier molecular flexibility index (Phi) is 5.50. The summed E-state index contributed by atoms with van der Waals surface area (Å²) in [6.07, 6.45) is 4.53. The quantitative estimate of drug-likeness (QED) is 0.784. The molecule has 1 aromatic rings. The van der Waals surface area contributed by atoms with E-state index in [9.17, 15) is 9.59 Å². The molecule has 0 aliphatic rings. The molecule has 1 rings (SSSR count). The molecule has 0 heterocycles. The summed E-state index contributed by atoms with van der Waals surface area (Å²) < 4.78 is 0. The number of hydrogen-bond acceptors (Lipinski definition) is 2. The van der Waals surface area contributed by atoms with E-state index in [1.165, 1.54) is 6.08 Å². The predicted octanol–water partition coefficient (Wildman–Crippen LogP) is 2.49. The van der Waals surface area contributed by atoms with E-state index in [2.05, 4.69) is 5.32 Å². The number of rotatable bonds is 6. The first-order valence-corrected chi connectivity index (χ1v) is 6.57. The average Bonchev–Trinajstić information content (AvgIpc) is 2.43. The SMILES string of the molecule is CNC(=O)/C=C/c1ccc(CCC(C)(C)C(=O)O)cc1. The van der Waals surface area contributed by atoms with Crippen LogP contribution in [0.2, 0.25) is 0 Å². The Morgan fingerprint density at radius 1 is 1.25 bits per heavy atom. The van der Waals surface area contributed by atoms with E-state index in [0.717, 1.165) is 17.5 Å². The normalized spacial score (nSPS) is 11.6. The number of amides is 1. The number of carbonyl (C=O) groups excluding carboxylic acids is 1. The molecule has 0 aliphatic carbocycles. The van der Waals surface area contributed by atoms with Gasteiger partial charge in [-0.05, 0) is 43.9 Å². The van der Waals surface area contributed by atoms with Crippen molar-refractivity contribution < 1.29 is 14.7 Å². The first-order chi connectivity index (χ1) is 9.35. The molecule has 4 heteroatoms. The van der Waals surface area contributed by atoms with Gasteiger partial charge in [0.25, 0.3) is 0 Å². The Hall–Kier alpha value is -2.10. The Balaban J connectivity index is 2.61. The van der Waals surface area contributed by atoms with Gasteiger partial charge in [-0.1, -0.05) is 24.3 Å². The lowest BCUT2D eigenvalue weighted by Crippen LogP contribution is -2.24. The van der Waals surface area contributed by atoms with Crippen molar-refractivity contribution in [3.8, 4) is 0 Å². The lowest BCUT2D eigenvalue weighted by atomic mass is 9.86. The molecule has 0 aliphatic heterocycles. The molecule has 4 nitrogen and oxygen atoms in total. The largest absolute Gasteiger partial charge is 0.481 e. The molecule has 0 bridgehead atoms. The third-order valence-electron chi connectivity index (χ3n) is 3.27.